The van der Waals surface area contributed by atoms with Gasteiger partial charge in [-0.1, -0.05) is 29.8 Å². The number of carbonyl (C=O) groups is 1. The highest BCUT2D eigenvalue weighted by atomic mass is 32.2. The number of methoxy groups -OCH3 is 1. The van der Waals surface area contributed by atoms with Gasteiger partial charge in [-0.3, -0.25) is 4.79 Å². The first-order valence-electron chi connectivity index (χ1n) is 6.16. The number of allylic oxidation sites excluding steroid dienone is 1. The van der Waals surface area contributed by atoms with Crippen LogP contribution in [0.2, 0.25) is 0 Å². The van der Waals surface area contributed by atoms with Crippen molar-refractivity contribution in [2.75, 3.05) is 20.2 Å². The number of ether oxygens (including phenoxy) is 1. The maximum absolute atomic E-state index is 12.5. The molecule has 0 radical (unpaired) electrons. The van der Waals surface area contributed by atoms with Gasteiger partial charge in [0, 0.05) is 6.54 Å². The molecule has 0 aliphatic heterocycles. The van der Waals surface area contributed by atoms with Crippen LogP contribution < -0.4 is 0 Å². The first kappa shape index (κ1) is 16.4. The standard InChI is InChI=1S/C14H19NO4S/c1-4-5-10-15(11-14(16)19-3)20(17,18)13-8-6-12(2)7-9-13/h4-9H,10-11H2,1-3H3/b5-4+. The molecule has 0 amide bonds. The number of benzene rings is 1. The average Bonchev–Trinajstić information content (AvgIpc) is 2.43. The molecule has 0 unspecified atom stereocenters. The average molecular weight is 297 g/mol. The van der Waals surface area contributed by atoms with Gasteiger partial charge in [-0.25, -0.2) is 8.42 Å². The summed E-state index contributed by atoms with van der Waals surface area (Å²) in [5.41, 5.74) is 0.969. The maximum Gasteiger partial charge on any atom is 0.321 e. The molecule has 0 atom stereocenters. The highest BCUT2D eigenvalue weighted by Crippen LogP contribution is 2.16. The van der Waals surface area contributed by atoms with E-state index < -0.39 is 16.0 Å². The summed E-state index contributed by atoms with van der Waals surface area (Å²) >= 11 is 0. The van der Waals surface area contributed by atoms with Gasteiger partial charge in [-0.05, 0) is 26.0 Å². The number of hydrogen-bond acceptors (Lipinski definition) is 4. The van der Waals surface area contributed by atoms with Crippen molar-refractivity contribution < 1.29 is 17.9 Å². The molecule has 5 nitrogen and oxygen atoms in total. The van der Waals surface area contributed by atoms with Crippen molar-refractivity contribution in [2.45, 2.75) is 18.7 Å². The minimum atomic E-state index is -3.71. The molecule has 0 spiro atoms. The number of esters is 1. The van der Waals surface area contributed by atoms with E-state index in [0.29, 0.717) is 0 Å². The van der Waals surface area contributed by atoms with Crippen molar-refractivity contribution in [3.63, 3.8) is 0 Å². The van der Waals surface area contributed by atoms with E-state index in [1.54, 1.807) is 31.2 Å². The molecule has 1 rings (SSSR count). The highest BCUT2D eigenvalue weighted by molar-refractivity contribution is 7.89. The first-order chi connectivity index (χ1) is 9.41. The van der Waals surface area contributed by atoms with Crippen molar-refractivity contribution in [1.29, 1.82) is 0 Å². The van der Waals surface area contributed by atoms with E-state index in [1.165, 1.54) is 19.2 Å². The number of carbonyl (C=O) groups excluding carboxylic acids is 1. The summed E-state index contributed by atoms with van der Waals surface area (Å²) in [6.45, 7) is 3.48. The second-order valence-electron chi connectivity index (χ2n) is 4.26. The molecule has 0 bridgehead atoms. The van der Waals surface area contributed by atoms with E-state index in [-0.39, 0.29) is 18.0 Å². The Morgan fingerprint density at radius 3 is 2.40 bits per heavy atom. The summed E-state index contributed by atoms with van der Waals surface area (Å²) in [7, 11) is -2.48. The minimum absolute atomic E-state index is 0.127. The smallest absolute Gasteiger partial charge is 0.321 e. The lowest BCUT2D eigenvalue weighted by Gasteiger charge is -2.19. The van der Waals surface area contributed by atoms with Gasteiger partial charge in [0.05, 0.1) is 12.0 Å². The molecule has 0 saturated heterocycles. The number of hydrogen-bond donors (Lipinski definition) is 0. The normalized spacial score (nSPS) is 12.0. The molecule has 0 fully saturated rings. The Morgan fingerprint density at radius 2 is 1.90 bits per heavy atom. The summed E-state index contributed by atoms with van der Waals surface area (Å²) in [6.07, 6.45) is 3.41. The maximum atomic E-state index is 12.5. The van der Waals surface area contributed by atoms with Crippen molar-refractivity contribution in [1.82, 2.24) is 4.31 Å². The molecule has 20 heavy (non-hydrogen) atoms. The van der Waals surface area contributed by atoms with Crippen LogP contribution >= 0.6 is 0 Å². The van der Waals surface area contributed by atoms with Crippen LogP contribution in [0.25, 0.3) is 0 Å². The second-order valence-corrected chi connectivity index (χ2v) is 6.19. The van der Waals surface area contributed by atoms with Gasteiger partial charge in [0.1, 0.15) is 6.54 Å². The van der Waals surface area contributed by atoms with Crippen LogP contribution in [0, 0.1) is 6.92 Å². The molecule has 0 saturated carbocycles. The molecule has 0 N–H and O–H groups in total. The van der Waals surface area contributed by atoms with Crippen LogP contribution in [0.15, 0.2) is 41.3 Å². The molecule has 1 aromatic carbocycles. The molecule has 0 aromatic heterocycles. The molecular formula is C14H19NO4S. The van der Waals surface area contributed by atoms with Gasteiger partial charge in [0.15, 0.2) is 0 Å². The number of sulfonamides is 1. The van der Waals surface area contributed by atoms with Gasteiger partial charge >= 0.3 is 5.97 Å². The second kappa shape index (κ2) is 7.21. The Labute approximate surface area is 119 Å². The summed E-state index contributed by atoms with van der Waals surface area (Å²) in [4.78, 5) is 11.5. The fourth-order valence-corrected chi connectivity index (χ4v) is 2.87. The molecule has 6 heteroatoms. The lowest BCUT2D eigenvalue weighted by atomic mass is 10.2. The fraction of sp³-hybridized carbons (Fsp3) is 0.357. The van der Waals surface area contributed by atoms with Crippen LogP contribution in [0.4, 0.5) is 0 Å². The lowest BCUT2D eigenvalue weighted by molar-refractivity contribution is -0.140. The van der Waals surface area contributed by atoms with Crippen LogP contribution in [-0.2, 0) is 19.6 Å². The lowest BCUT2D eigenvalue weighted by Crippen LogP contribution is -2.36. The predicted molar refractivity (Wildman–Crippen MR) is 76.8 cm³/mol. The highest BCUT2D eigenvalue weighted by Gasteiger charge is 2.25. The molecule has 0 aliphatic carbocycles. The van der Waals surface area contributed by atoms with Crippen LogP contribution in [0.1, 0.15) is 12.5 Å². The fourth-order valence-electron chi connectivity index (χ4n) is 1.54. The summed E-state index contributed by atoms with van der Waals surface area (Å²) < 4.78 is 30.6. The first-order valence-corrected chi connectivity index (χ1v) is 7.60. The minimum Gasteiger partial charge on any atom is -0.468 e. The van der Waals surface area contributed by atoms with Crippen LogP contribution in [-0.4, -0.2) is 38.9 Å². The van der Waals surface area contributed by atoms with E-state index in [9.17, 15) is 13.2 Å². The zero-order valence-electron chi connectivity index (χ0n) is 11.9. The van der Waals surface area contributed by atoms with Crippen molar-refractivity contribution in [3.8, 4) is 0 Å². The Balaban J connectivity index is 3.09. The predicted octanol–water partition coefficient (Wildman–Crippen LogP) is 1.73. The number of rotatable bonds is 6. The monoisotopic (exact) mass is 297 g/mol. The number of aryl methyl sites for hydroxylation is 1. The Morgan fingerprint density at radius 1 is 1.30 bits per heavy atom. The van der Waals surface area contributed by atoms with E-state index >= 15 is 0 Å². The van der Waals surface area contributed by atoms with Crippen molar-refractivity contribution in [3.05, 3.63) is 42.0 Å². The molecule has 0 heterocycles. The van der Waals surface area contributed by atoms with Crippen molar-refractivity contribution >= 4 is 16.0 Å². The zero-order chi connectivity index (χ0) is 15.2. The molecule has 1 aromatic rings. The third-order valence-electron chi connectivity index (χ3n) is 2.74. The van der Waals surface area contributed by atoms with E-state index in [0.717, 1.165) is 9.87 Å². The quantitative estimate of drug-likeness (QED) is 0.592. The van der Waals surface area contributed by atoms with Gasteiger partial charge in [0.2, 0.25) is 10.0 Å². The van der Waals surface area contributed by atoms with Gasteiger partial charge in [-0.15, -0.1) is 0 Å². The zero-order valence-corrected chi connectivity index (χ0v) is 12.7. The van der Waals surface area contributed by atoms with Crippen LogP contribution in [0.5, 0.6) is 0 Å². The SMILES string of the molecule is C/C=C/CN(CC(=O)OC)S(=O)(=O)c1ccc(C)cc1. The Kier molecular flexibility index (Phi) is 5.91. The van der Waals surface area contributed by atoms with E-state index in [4.69, 9.17) is 0 Å². The Hall–Kier alpha value is -1.66. The summed E-state index contributed by atoms with van der Waals surface area (Å²) in [6, 6.07) is 6.51. The Bertz CT molecular complexity index is 576. The van der Waals surface area contributed by atoms with Crippen LogP contribution in [0.3, 0.4) is 0 Å². The molecule has 110 valence electrons. The molecule has 0 aliphatic rings. The van der Waals surface area contributed by atoms with Gasteiger partial charge in [-0.2, -0.15) is 4.31 Å². The third-order valence-corrected chi connectivity index (χ3v) is 4.56. The topological polar surface area (TPSA) is 63.7 Å². The number of nitrogens with zero attached hydrogens (tertiary/aromatic N) is 1. The van der Waals surface area contributed by atoms with E-state index in [1.807, 2.05) is 6.92 Å². The van der Waals surface area contributed by atoms with Gasteiger partial charge < -0.3 is 4.74 Å². The third kappa shape index (κ3) is 4.18. The van der Waals surface area contributed by atoms with Gasteiger partial charge in [0.25, 0.3) is 0 Å². The van der Waals surface area contributed by atoms with E-state index in [2.05, 4.69) is 4.74 Å². The van der Waals surface area contributed by atoms with Crippen molar-refractivity contribution in [2.24, 2.45) is 0 Å². The summed E-state index contributed by atoms with van der Waals surface area (Å²) in [5.74, 6) is -0.592. The summed E-state index contributed by atoms with van der Waals surface area (Å²) in [5, 5.41) is 0. The molecular weight excluding hydrogens is 278 g/mol. The largest absolute Gasteiger partial charge is 0.468 e.